The van der Waals surface area contributed by atoms with Gasteiger partial charge in [-0.3, -0.25) is 9.78 Å². The van der Waals surface area contributed by atoms with Crippen molar-refractivity contribution in [3.63, 3.8) is 0 Å². The van der Waals surface area contributed by atoms with Gasteiger partial charge in [0.05, 0.1) is 0 Å². The number of rotatable bonds is 6. The molecular weight excluding hydrogens is 430 g/mol. The number of hydrogen-bond donors (Lipinski definition) is 3. The van der Waals surface area contributed by atoms with E-state index >= 15 is 0 Å². The summed E-state index contributed by atoms with van der Waals surface area (Å²) in [6, 6.07) is 10.9. The predicted octanol–water partition coefficient (Wildman–Crippen LogP) is 4.10. The summed E-state index contributed by atoms with van der Waals surface area (Å²) in [4.78, 5) is 30.0. The molecule has 34 heavy (non-hydrogen) atoms. The second-order valence-electron chi connectivity index (χ2n) is 8.80. The molecule has 0 saturated carbocycles. The number of aromatic nitrogens is 6. The molecule has 0 aliphatic rings. The first-order valence-electron chi connectivity index (χ1n) is 10.8. The number of anilines is 4. The van der Waals surface area contributed by atoms with E-state index < -0.39 is 0 Å². The molecule has 0 atom stereocenters. The Morgan fingerprint density at radius 3 is 2.56 bits per heavy atom. The number of pyridine rings is 1. The standard InChI is InChI=1S/C24H27N9O/c1-15-6-7-17(31-22(34)16-8-9-26-19(10-16)24(2,3)4)11-18(15)32-23-29-14-30-33(23)21-12-20(25-5)27-13-28-21/h6-14H,1-5H3,(H,31,34)(H,25,27,28)(H,29,30,32). The fourth-order valence-corrected chi connectivity index (χ4v) is 3.23. The molecule has 0 unspecified atom stereocenters. The zero-order chi connectivity index (χ0) is 24.3. The first-order chi connectivity index (χ1) is 16.2. The van der Waals surface area contributed by atoms with Crippen LogP contribution in [-0.4, -0.2) is 42.7 Å². The molecule has 4 rings (SSSR count). The minimum absolute atomic E-state index is 0.148. The molecule has 0 saturated heterocycles. The normalized spacial score (nSPS) is 11.2. The number of carbonyl (C=O) groups is 1. The Morgan fingerprint density at radius 1 is 0.971 bits per heavy atom. The topological polar surface area (TPSA) is 123 Å². The molecule has 174 valence electrons. The molecule has 0 bridgehead atoms. The van der Waals surface area contributed by atoms with Gasteiger partial charge in [-0.15, -0.1) is 0 Å². The molecule has 0 radical (unpaired) electrons. The maximum Gasteiger partial charge on any atom is 0.255 e. The van der Waals surface area contributed by atoms with Crippen molar-refractivity contribution < 1.29 is 4.79 Å². The van der Waals surface area contributed by atoms with Crippen LogP contribution in [-0.2, 0) is 5.41 Å². The molecule has 3 aromatic heterocycles. The van der Waals surface area contributed by atoms with Crippen molar-refractivity contribution >= 4 is 29.0 Å². The Hall–Kier alpha value is -4.34. The van der Waals surface area contributed by atoms with Crippen LogP contribution in [0.2, 0.25) is 0 Å². The highest BCUT2D eigenvalue weighted by Crippen LogP contribution is 2.25. The van der Waals surface area contributed by atoms with Crippen LogP contribution in [0.15, 0.2) is 55.2 Å². The predicted molar refractivity (Wildman–Crippen MR) is 132 cm³/mol. The Morgan fingerprint density at radius 2 is 1.79 bits per heavy atom. The average Bonchev–Trinajstić information content (AvgIpc) is 3.29. The maximum absolute atomic E-state index is 12.9. The van der Waals surface area contributed by atoms with Crippen LogP contribution in [0.5, 0.6) is 0 Å². The quantitative estimate of drug-likeness (QED) is 0.396. The van der Waals surface area contributed by atoms with E-state index in [1.165, 1.54) is 12.7 Å². The molecule has 10 heteroatoms. The van der Waals surface area contributed by atoms with Gasteiger partial charge in [-0.2, -0.15) is 14.8 Å². The SMILES string of the molecule is CNc1cc(-n2ncnc2Nc2cc(NC(=O)c3ccnc(C(C)(C)C)c3)ccc2C)ncn1. The zero-order valence-corrected chi connectivity index (χ0v) is 19.8. The number of nitrogens with one attached hydrogen (secondary N) is 3. The Balaban J connectivity index is 1.56. The molecule has 0 aliphatic carbocycles. The largest absolute Gasteiger partial charge is 0.373 e. The van der Waals surface area contributed by atoms with Gasteiger partial charge in [0, 0.05) is 47.4 Å². The monoisotopic (exact) mass is 457 g/mol. The lowest BCUT2D eigenvalue weighted by atomic mass is 9.91. The summed E-state index contributed by atoms with van der Waals surface area (Å²) >= 11 is 0. The van der Waals surface area contributed by atoms with Gasteiger partial charge in [-0.1, -0.05) is 26.8 Å². The van der Waals surface area contributed by atoms with Crippen molar-refractivity contribution in [3.8, 4) is 5.82 Å². The minimum atomic E-state index is -0.202. The lowest BCUT2D eigenvalue weighted by molar-refractivity contribution is 0.102. The van der Waals surface area contributed by atoms with Crippen LogP contribution < -0.4 is 16.0 Å². The van der Waals surface area contributed by atoms with Crippen LogP contribution in [0.25, 0.3) is 5.82 Å². The number of amides is 1. The van der Waals surface area contributed by atoms with Crippen molar-refractivity contribution in [2.45, 2.75) is 33.1 Å². The van der Waals surface area contributed by atoms with Gasteiger partial charge >= 0.3 is 0 Å². The summed E-state index contributed by atoms with van der Waals surface area (Å²) in [7, 11) is 1.78. The Labute approximate surface area is 197 Å². The van der Waals surface area contributed by atoms with Crippen molar-refractivity contribution in [2.24, 2.45) is 0 Å². The van der Waals surface area contributed by atoms with Crippen LogP contribution in [0.4, 0.5) is 23.1 Å². The molecule has 1 aromatic carbocycles. The van der Waals surface area contributed by atoms with Gasteiger partial charge in [0.2, 0.25) is 5.95 Å². The Kier molecular flexibility index (Phi) is 6.22. The van der Waals surface area contributed by atoms with E-state index in [2.05, 4.69) is 61.8 Å². The molecular formula is C24H27N9O. The molecule has 3 N–H and O–H groups in total. The summed E-state index contributed by atoms with van der Waals surface area (Å²) < 4.78 is 1.58. The van der Waals surface area contributed by atoms with E-state index in [1.54, 1.807) is 30.1 Å². The minimum Gasteiger partial charge on any atom is -0.373 e. The van der Waals surface area contributed by atoms with Gasteiger partial charge in [0.15, 0.2) is 5.82 Å². The average molecular weight is 458 g/mol. The maximum atomic E-state index is 12.9. The third-order valence-corrected chi connectivity index (χ3v) is 5.21. The van der Waals surface area contributed by atoms with Crippen LogP contribution in [0.3, 0.4) is 0 Å². The van der Waals surface area contributed by atoms with Gasteiger partial charge in [0.1, 0.15) is 18.5 Å². The van der Waals surface area contributed by atoms with Gasteiger partial charge in [-0.05, 0) is 36.8 Å². The Bertz CT molecular complexity index is 1320. The van der Waals surface area contributed by atoms with Crippen molar-refractivity contribution in [3.05, 3.63) is 72.1 Å². The van der Waals surface area contributed by atoms with Crippen LogP contribution in [0.1, 0.15) is 42.4 Å². The highest BCUT2D eigenvalue weighted by Gasteiger charge is 2.18. The second kappa shape index (κ2) is 9.26. The molecule has 0 spiro atoms. The van der Waals surface area contributed by atoms with Crippen LogP contribution in [0, 0.1) is 6.92 Å². The fourth-order valence-electron chi connectivity index (χ4n) is 3.23. The van der Waals surface area contributed by atoms with E-state index in [0.29, 0.717) is 28.8 Å². The van der Waals surface area contributed by atoms with E-state index in [0.717, 1.165) is 16.9 Å². The second-order valence-corrected chi connectivity index (χ2v) is 8.80. The number of hydrogen-bond acceptors (Lipinski definition) is 8. The summed E-state index contributed by atoms with van der Waals surface area (Å²) in [5.74, 6) is 1.51. The first-order valence-corrected chi connectivity index (χ1v) is 10.8. The molecule has 0 fully saturated rings. The highest BCUT2D eigenvalue weighted by atomic mass is 16.1. The summed E-state index contributed by atoms with van der Waals surface area (Å²) in [6.45, 7) is 8.16. The van der Waals surface area contributed by atoms with Crippen LogP contribution >= 0.6 is 0 Å². The van der Waals surface area contributed by atoms with E-state index in [1.807, 2.05) is 31.2 Å². The third kappa shape index (κ3) is 5.01. The van der Waals surface area contributed by atoms with E-state index in [9.17, 15) is 4.79 Å². The van der Waals surface area contributed by atoms with E-state index in [-0.39, 0.29) is 11.3 Å². The van der Waals surface area contributed by atoms with Crippen molar-refractivity contribution in [1.29, 1.82) is 0 Å². The fraction of sp³-hybridized carbons (Fsp3) is 0.250. The highest BCUT2D eigenvalue weighted by molar-refractivity contribution is 6.04. The number of nitrogens with zero attached hydrogens (tertiary/aromatic N) is 6. The molecule has 0 aliphatic heterocycles. The van der Waals surface area contributed by atoms with Gasteiger partial charge < -0.3 is 16.0 Å². The number of aryl methyl sites for hydroxylation is 1. The first kappa shape index (κ1) is 22.8. The summed E-state index contributed by atoms with van der Waals surface area (Å²) in [5.41, 5.74) is 3.67. The molecule has 3 heterocycles. The van der Waals surface area contributed by atoms with Gasteiger partial charge in [-0.25, -0.2) is 9.97 Å². The van der Waals surface area contributed by atoms with Crippen molar-refractivity contribution in [1.82, 2.24) is 29.7 Å². The molecule has 10 nitrogen and oxygen atoms in total. The molecule has 4 aromatic rings. The summed E-state index contributed by atoms with van der Waals surface area (Å²) in [6.07, 6.45) is 4.57. The lowest BCUT2D eigenvalue weighted by Gasteiger charge is -2.18. The lowest BCUT2D eigenvalue weighted by Crippen LogP contribution is -2.17. The summed E-state index contributed by atoms with van der Waals surface area (Å²) in [5, 5.41) is 13.5. The smallest absolute Gasteiger partial charge is 0.255 e. The van der Waals surface area contributed by atoms with Crippen molar-refractivity contribution in [2.75, 3.05) is 23.0 Å². The van der Waals surface area contributed by atoms with E-state index in [4.69, 9.17) is 0 Å². The third-order valence-electron chi connectivity index (χ3n) is 5.21. The number of benzene rings is 1. The van der Waals surface area contributed by atoms with Gasteiger partial charge in [0.25, 0.3) is 5.91 Å². The zero-order valence-electron chi connectivity index (χ0n) is 19.8. The number of carbonyl (C=O) groups excluding carboxylic acids is 1. The molecule has 1 amide bonds.